The van der Waals surface area contributed by atoms with Gasteiger partial charge in [0.1, 0.15) is 11.5 Å². The van der Waals surface area contributed by atoms with Crippen molar-refractivity contribution >= 4 is 11.6 Å². The molecule has 0 bridgehead atoms. The summed E-state index contributed by atoms with van der Waals surface area (Å²) in [5, 5.41) is 17.3. The minimum Gasteiger partial charge on any atom is -0.390 e. The van der Waals surface area contributed by atoms with Gasteiger partial charge in [0, 0.05) is 5.92 Å². The monoisotopic (exact) mass is 267 g/mol. The number of nitrogens with zero attached hydrogens (tertiary/aromatic N) is 3. The topological polar surface area (TPSA) is 50.9 Å². The number of benzene rings is 1. The second kappa shape index (κ2) is 4.33. The van der Waals surface area contributed by atoms with E-state index in [1.165, 1.54) is 12.1 Å². The lowest BCUT2D eigenvalue weighted by molar-refractivity contribution is 0.275. The Morgan fingerprint density at radius 2 is 2.22 bits per heavy atom. The fraction of sp³-hybridized carbons (Fsp3) is 0.333. The maximum Gasteiger partial charge on any atom is 0.141 e. The van der Waals surface area contributed by atoms with Crippen molar-refractivity contribution in [1.82, 2.24) is 15.0 Å². The van der Waals surface area contributed by atoms with E-state index in [9.17, 15) is 9.50 Å². The quantitative estimate of drug-likeness (QED) is 0.929. The van der Waals surface area contributed by atoms with E-state index in [4.69, 9.17) is 11.6 Å². The summed E-state index contributed by atoms with van der Waals surface area (Å²) < 4.78 is 14.8. The average Bonchev–Trinajstić information content (AvgIpc) is 3.12. The predicted molar refractivity (Wildman–Crippen MR) is 64.2 cm³/mol. The van der Waals surface area contributed by atoms with Gasteiger partial charge in [-0.1, -0.05) is 16.8 Å². The Bertz CT molecular complexity index is 595. The van der Waals surface area contributed by atoms with E-state index in [1.807, 2.05) is 0 Å². The minimum absolute atomic E-state index is 0.0512. The van der Waals surface area contributed by atoms with Gasteiger partial charge >= 0.3 is 0 Å². The molecule has 0 amide bonds. The van der Waals surface area contributed by atoms with Crippen molar-refractivity contribution in [2.24, 2.45) is 0 Å². The molecule has 94 valence electrons. The first-order valence-electron chi connectivity index (χ1n) is 5.71. The molecule has 3 rings (SSSR count). The maximum atomic E-state index is 13.1. The molecule has 0 radical (unpaired) electrons. The lowest BCUT2D eigenvalue weighted by Crippen LogP contribution is -2.03. The highest BCUT2D eigenvalue weighted by atomic mass is 35.5. The molecule has 1 aromatic heterocycles. The maximum absolute atomic E-state index is 13.1. The molecule has 0 saturated heterocycles. The van der Waals surface area contributed by atoms with Crippen LogP contribution in [-0.2, 0) is 6.61 Å². The first-order chi connectivity index (χ1) is 8.70. The normalized spacial score (nSPS) is 15.1. The van der Waals surface area contributed by atoms with Gasteiger partial charge in [-0.05, 0) is 31.0 Å². The third-order valence-electron chi connectivity index (χ3n) is 3.04. The SMILES string of the molecule is OCc1nnn(-c2ccc(F)c(Cl)c2)c1C1CC1. The standard InChI is InChI=1S/C12H11ClFN3O/c13-9-5-8(3-4-10(9)14)17-12(7-1-2-7)11(6-18)15-16-17/h3-5,7,18H,1-2,6H2. The summed E-state index contributed by atoms with van der Waals surface area (Å²) >= 11 is 5.77. The van der Waals surface area contributed by atoms with E-state index in [1.54, 1.807) is 10.7 Å². The molecule has 4 nitrogen and oxygen atoms in total. The molecular formula is C12H11ClFN3O. The summed E-state index contributed by atoms with van der Waals surface area (Å²) in [5.74, 6) is -0.0816. The van der Waals surface area contributed by atoms with Crippen LogP contribution in [0.5, 0.6) is 0 Å². The van der Waals surface area contributed by atoms with Gasteiger partial charge in [0.15, 0.2) is 0 Å². The first kappa shape index (κ1) is 11.6. The van der Waals surface area contributed by atoms with Crippen LogP contribution < -0.4 is 0 Å². The molecule has 18 heavy (non-hydrogen) atoms. The highest BCUT2D eigenvalue weighted by Gasteiger charge is 2.31. The summed E-state index contributed by atoms with van der Waals surface area (Å²) in [6, 6.07) is 4.41. The van der Waals surface area contributed by atoms with E-state index in [-0.39, 0.29) is 11.6 Å². The van der Waals surface area contributed by atoms with Crippen LogP contribution in [0.15, 0.2) is 18.2 Å². The molecule has 0 unspecified atom stereocenters. The number of aromatic nitrogens is 3. The molecule has 2 aromatic rings. The van der Waals surface area contributed by atoms with Crippen LogP contribution in [0.1, 0.15) is 30.1 Å². The van der Waals surface area contributed by atoms with Gasteiger partial charge < -0.3 is 5.11 Å². The van der Waals surface area contributed by atoms with Crippen LogP contribution >= 0.6 is 11.6 Å². The third-order valence-corrected chi connectivity index (χ3v) is 3.33. The summed E-state index contributed by atoms with van der Waals surface area (Å²) in [7, 11) is 0. The number of halogens is 2. The predicted octanol–water partition coefficient (Wildman–Crippen LogP) is 2.43. The zero-order valence-electron chi connectivity index (χ0n) is 9.48. The molecule has 1 heterocycles. The third kappa shape index (κ3) is 1.89. The second-order valence-electron chi connectivity index (χ2n) is 4.36. The van der Waals surface area contributed by atoms with E-state index < -0.39 is 5.82 Å². The van der Waals surface area contributed by atoms with E-state index >= 15 is 0 Å². The van der Waals surface area contributed by atoms with Gasteiger partial charge in [0.25, 0.3) is 0 Å². The molecule has 1 saturated carbocycles. The van der Waals surface area contributed by atoms with Crippen LogP contribution in [0.4, 0.5) is 4.39 Å². The lowest BCUT2D eigenvalue weighted by atomic mass is 10.2. The van der Waals surface area contributed by atoms with Crippen molar-refractivity contribution in [1.29, 1.82) is 0 Å². The van der Waals surface area contributed by atoms with E-state index in [0.29, 0.717) is 17.3 Å². The zero-order valence-corrected chi connectivity index (χ0v) is 10.2. The van der Waals surface area contributed by atoms with Crippen LogP contribution in [0.2, 0.25) is 5.02 Å². The summed E-state index contributed by atoms with van der Waals surface area (Å²) in [5.41, 5.74) is 2.15. The van der Waals surface area contributed by atoms with Crippen LogP contribution in [0.3, 0.4) is 0 Å². The number of hydrogen-bond acceptors (Lipinski definition) is 3. The summed E-state index contributed by atoms with van der Waals surface area (Å²) in [4.78, 5) is 0. The molecule has 0 spiro atoms. The zero-order chi connectivity index (χ0) is 12.7. The highest BCUT2D eigenvalue weighted by Crippen LogP contribution is 2.42. The number of rotatable bonds is 3. The Hall–Kier alpha value is -1.46. The van der Waals surface area contributed by atoms with Gasteiger partial charge in [-0.25, -0.2) is 9.07 Å². The Morgan fingerprint density at radius 3 is 2.83 bits per heavy atom. The Kier molecular flexibility index (Phi) is 2.80. The minimum atomic E-state index is -0.462. The number of aliphatic hydroxyl groups excluding tert-OH is 1. The van der Waals surface area contributed by atoms with Gasteiger partial charge in [-0.2, -0.15) is 0 Å². The van der Waals surface area contributed by atoms with Crippen molar-refractivity contribution in [3.63, 3.8) is 0 Å². The van der Waals surface area contributed by atoms with Gasteiger partial charge in [-0.15, -0.1) is 5.10 Å². The average molecular weight is 268 g/mol. The Labute approximate surface area is 108 Å². The number of aliphatic hydroxyl groups is 1. The first-order valence-corrected chi connectivity index (χ1v) is 6.09. The van der Waals surface area contributed by atoms with Crippen molar-refractivity contribution in [3.05, 3.63) is 40.4 Å². The molecule has 1 aliphatic rings. The van der Waals surface area contributed by atoms with E-state index in [0.717, 1.165) is 18.5 Å². The van der Waals surface area contributed by atoms with Gasteiger partial charge in [0.2, 0.25) is 0 Å². The van der Waals surface area contributed by atoms with Crippen molar-refractivity contribution < 1.29 is 9.50 Å². The fourth-order valence-corrected chi connectivity index (χ4v) is 2.18. The number of hydrogen-bond donors (Lipinski definition) is 1. The Balaban J connectivity index is 2.10. The highest BCUT2D eigenvalue weighted by molar-refractivity contribution is 6.30. The molecule has 1 N–H and O–H groups in total. The van der Waals surface area contributed by atoms with Crippen LogP contribution in [-0.4, -0.2) is 20.1 Å². The molecule has 1 fully saturated rings. The lowest BCUT2D eigenvalue weighted by Gasteiger charge is -2.07. The van der Waals surface area contributed by atoms with Gasteiger partial charge in [-0.3, -0.25) is 0 Å². The van der Waals surface area contributed by atoms with Crippen molar-refractivity contribution in [2.45, 2.75) is 25.4 Å². The summed E-state index contributed by atoms with van der Waals surface area (Å²) in [6.45, 7) is -0.138. The molecule has 6 heteroatoms. The Morgan fingerprint density at radius 1 is 1.44 bits per heavy atom. The van der Waals surface area contributed by atoms with Crippen molar-refractivity contribution in [3.8, 4) is 5.69 Å². The second-order valence-corrected chi connectivity index (χ2v) is 4.77. The largest absolute Gasteiger partial charge is 0.390 e. The molecule has 0 aliphatic heterocycles. The smallest absolute Gasteiger partial charge is 0.141 e. The van der Waals surface area contributed by atoms with Crippen molar-refractivity contribution in [2.75, 3.05) is 0 Å². The summed E-state index contributed by atoms with van der Waals surface area (Å²) in [6.07, 6.45) is 2.13. The van der Waals surface area contributed by atoms with Gasteiger partial charge in [0.05, 0.1) is 23.0 Å². The molecule has 1 aliphatic carbocycles. The van der Waals surface area contributed by atoms with Crippen LogP contribution in [0, 0.1) is 5.82 Å². The molecule has 1 aromatic carbocycles. The molecule has 0 atom stereocenters. The molecular weight excluding hydrogens is 257 g/mol. The van der Waals surface area contributed by atoms with Crippen LogP contribution in [0.25, 0.3) is 5.69 Å². The van der Waals surface area contributed by atoms with E-state index in [2.05, 4.69) is 10.3 Å². The fourth-order valence-electron chi connectivity index (χ4n) is 2.01.